The number of benzene rings is 2. The summed E-state index contributed by atoms with van der Waals surface area (Å²) < 4.78 is 6.33. The van der Waals surface area contributed by atoms with Crippen molar-refractivity contribution in [3.8, 4) is 5.88 Å². The molecule has 25 heavy (non-hydrogen) atoms. The van der Waals surface area contributed by atoms with Crippen LogP contribution in [0.2, 0.25) is 10.0 Å². The van der Waals surface area contributed by atoms with Crippen molar-refractivity contribution in [2.24, 2.45) is 0 Å². The van der Waals surface area contributed by atoms with Gasteiger partial charge in [0.2, 0.25) is 5.88 Å². The van der Waals surface area contributed by atoms with Crippen molar-refractivity contribution in [3.63, 3.8) is 0 Å². The number of nitrogens with zero attached hydrogens (tertiary/aromatic N) is 2. The van der Waals surface area contributed by atoms with Crippen molar-refractivity contribution in [2.45, 2.75) is 6.92 Å². The second kappa shape index (κ2) is 7.56. The number of carbonyl (C=O) groups is 1. The zero-order valence-corrected chi connectivity index (χ0v) is 16.1. The molecular formula is C17H12BrCl2N3O2. The van der Waals surface area contributed by atoms with Crippen molar-refractivity contribution >= 4 is 61.6 Å². The van der Waals surface area contributed by atoms with Gasteiger partial charge in [-0.25, -0.2) is 9.97 Å². The third-order valence-electron chi connectivity index (χ3n) is 3.36. The molecule has 1 aromatic heterocycles. The number of aryl methyl sites for hydroxylation is 1. The number of nitrogens with one attached hydrogen (secondary N) is 1. The van der Waals surface area contributed by atoms with Gasteiger partial charge in [-0.15, -0.1) is 0 Å². The fourth-order valence-electron chi connectivity index (χ4n) is 2.23. The van der Waals surface area contributed by atoms with Gasteiger partial charge in [-0.05, 0) is 52.7 Å². The monoisotopic (exact) mass is 439 g/mol. The van der Waals surface area contributed by atoms with Crippen molar-refractivity contribution in [2.75, 3.05) is 11.9 Å². The molecule has 1 heterocycles. The third kappa shape index (κ3) is 4.21. The van der Waals surface area contributed by atoms with Crippen molar-refractivity contribution < 1.29 is 9.53 Å². The van der Waals surface area contributed by atoms with Gasteiger partial charge in [-0.3, -0.25) is 4.79 Å². The van der Waals surface area contributed by atoms with Crippen LogP contribution in [0.1, 0.15) is 5.56 Å². The van der Waals surface area contributed by atoms with E-state index in [0.29, 0.717) is 26.6 Å². The summed E-state index contributed by atoms with van der Waals surface area (Å²) in [5.74, 6) is -0.0723. The van der Waals surface area contributed by atoms with Gasteiger partial charge in [-0.1, -0.05) is 29.3 Å². The van der Waals surface area contributed by atoms with E-state index in [1.807, 2.05) is 25.1 Å². The molecule has 0 saturated heterocycles. The van der Waals surface area contributed by atoms with Gasteiger partial charge in [0.1, 0.15) is 6.33 Å². The lowest BCUT2D eigenvalue weighted by Crippen LogP contribution is -2.20. The van der Waals surface area contributed by atoms with E-state index in [1.54, 1.807) is 12.1 Å². The van der Waals surface area contributed by atoms with Gasteiger partial charge in [0.25, 0.3) is 5.91 Å². The van der Waals surface area contributed by atoms with Crippen molar-refractivity contribution in [3.05, 3.63) is 56.7 Å². The van der Waals surface area contributed by atoms with Crippen LogP contribution in [0.15, 0.2) is 41.1 Å². The minimum Gasteiger partial charge on any atom is -0.467 e. The van der Waals surface area contributed by atoms with Gasteiger partial charge in [-0.2, -0.15) is 0 Å². The number of rotatable bonds is 4. The molecule has 0 saturated carbocycles. The second-order valence-corrected chi connectivity index (χ2v) is 6.98. The number of anilines is 1. The maximum absolute atomic E-state index is 12.1. The number of halogens is 3. The highest BCUT2D eigenvalue weighted by Gasteiger charge is 2.12. The summed E-state index contributed by atoms with van der Waals surface area (Å²) >= 11 is 15.6. The van der Waals surface area contributed by atoms with E-state index in [0.717, 1.165) is 10.0 Å². The number of hydrogen-bond donors (Lipinski definition) is 1. The van der Waals surface area contributed by atoms with Crippen LogP contribution in [0.3, 0.4) is 0 Å². The molecule has 0 fully saturated rings. The standard InChI is InChI=1S/C17H12BrCl2N3O2/c1-9-2-3-14(12(18)4-9)23-15(24)7-25-17-11-5-10(19)6-13(20)16(11)21-8-22-17/h2-6,8H,7H2,1H3,(H,23,24). The van der Waals surface area contributed by atoms with Crippen LogP contribution < -0.4 is 10.1 Å². The quantitative estimate of drug-likeness (QED) is 0.618. The molecule has 5 nitrogen and oxygen atoms in total. The molecule has 1 N–H and O–H groups in total. The highest BCUT2D eigenvalue weighted by atomic mass is 79.9. The van der Waals surface area contributed by atoms with Crippen molar-refractivity contribution in [1.82, 2.24) is 9.97 Å². The fourth-order valence-corrected chi connectivity index (χ4v) is 3.36. The molecule has 0 spiro atoms. The average molecular weight is 441 g/mol. The van der Waals surface area contributed by atoms with Crippen molar-refractivity contribution in [1.29, 1.82) is 0 Å². The van der Waals surface area contributed by atoms with Crippen LogP contribution in [0.5, 0.6) is 5.88 Å². The Kier molecular flexibility index (Phi) is 5.42. The summed E-state index contributed by atoms with van der Waals surface area (Å²) in [6, 6.07) is 8.87. The first kappa shape index (κ1) is 17.9. The van der Waals surface area contributed by atoms with Gasteiger partial charge < -0.3 is 10.1 Å². The normalized spacial score (nSPS) is 10.7. The molecule has 0 bridgehead atoms. The molecule has 3 rings (SSSR count). The van der Waals surface area contributed by atoms with Crippen LogP contribution in [0.25, 0.3) is 10.9 Å². The Bertz CT molecular complexity index is 966. The first-order chi connectivity index (χ1) is 11.9. The zero-order valence-electron chi connectivity index (χ0n) is 13.0. The predicted molar refractivity (Wildman–Crippen MR) is 103 cm³/mol. The van der Waals surface area contributed by atoms with Crippen LogP contribution >= 0.6 is 39.1 Å². The maximum Gasteiger partial charge on any atom is 0.262 e. The van der Waals surface area contributed by atoms with E-state index in [2.05, 4.69) is 31.2 Å². The molecule has 2 aromatic carbocycles. The Morgan fingerprint density at radius 1 is 1.24 bits per heavy atom. The average Bonchev–Trinajstić information content (AvgIpc) is 2.55. The summed E-state index contributed by atoms with van der Waals surface area (Å²) in [4.78, 5) is 20.3. The molecule has 0 aliphatic carbocycles. The van der Waals surface area contributed by atoms with Gasteiger partial charge in [0.05, 0.1) is 21.6 Å². The molecule has 3 aromatic rings. The molecule has 0 radical (unpaired) electrons. The minimum atomic E-state index is -0.315. The zero-order chi connectivity index (χ0) is 18.0. The molecule has 0 aliphatic heterocycles. The number of carbonyl (C=O) groups excluding carboxylic acids is 1. The van der Waals surface area contributed by atoms with E-state index < -0.39 is 0 Å². The summed E-state index contributed by atoms with van der Waals surface area (Å²) in [6.45, 7) is 1.76. The number of fused-ring (bicyclic) bond motifs is 1. The predicted octanol–water partition coefficient (Wildman–Crippen LogP) is 5.03. The van der Waals surface area contributed by atoms with Gasteiger partial charge >= 0.3 is 0 Å². The summed E-state index contributed by atoms with van der Waals surface area (Å²) in [5.41, 5.74) is 2.26. The minimum absolute atomic E-state index is 0.212. The van der Waals surface area contributed by atoms with E-state index in [4.69, 9.17) is 27.9 Å². The van der Waals surface area contributed by atoms with Crippen LogP contribution in [-0.4, -0.2) is 22.5 Å². The Hall–Kier alpha value is -1.89. The Labute approximate surface area is 162 Å². The van der Waals surface area contributed by atoms with E-state index in [-0.39, 0.29) is 18.4 Å². The van der Waals surface area contributed by atoms with Gasteiger partial charge in [0.15, 0.2) is 6.61 Å². The Balaban J connectivity index is 1.75. The van der Waals surface area contributed by atoms with E-state index in [9.17, 15) is 4.79 Å². The molecule has 0 atom stereocenters. The molecule has 1 amide bonds. The molecule has 8 heteroatoms. The Morgan fingerprint density at radius 2 is 2.04 bits per heavy atom. The number of ether oxygens (including phenoxy) is 1. The van der Waals surface area contributed by atoms with Crippen LogP contribution in [-0.2, 0) is 4.79 Å². The van der Waals surface area contributed by atoms with E-state index in [1.165, 1.54) is 6.33 Å². The number of hydrogen-bond acceptors (Lipinski definition) is 4. The molecule has 0 unspecified atom stereocenters. The number of aromatic nitrogens is 2. The molecule has 0 aliphatic rings. The third-order valence-corrected chi connectivity index (χ3v) is 4.52. The molecule has 128 valence electrons. The number of amides is 1. The van der Waals surface area contributed by atoms with Crippen LogP contribution in [0, 0.1) is 6.92 Å². The van der Waals surface area contributed by atoms with E-state index >= 15 is 0 Å². The maximum atomic E-state index is 12.1. The lowest BCUT2D eigenvalue weighted by Gasteiger charge is -2.10. The lowest BCUT2D eigenvalue weighted by atomic mass is 10.2. The first-order valence-corrected chi connectivity index (χ1v) is 8.77. The second-order valence-electron chi connectivity index (χ2n) is 5.28. The summed E-state index contributed by atoms with van der Waals surface area (Å²) in [6.07, 6.45) is 1.33. The first-order valence-electron chi connectivity index (χ1n) is 7.22. The Morgan fingerprint density at radius 3 is 2.80 bits per heavy atom. The summed E-state index contributed by atoms with van der Waals surface area (Å²) in [5, 5.41) is 4.14. The largest absolute Gasteiger partial charge is 0.467 e. The van der Waals surface area contributed by atoms with Crippen LogP contribution in [0.4, 0.5) is 5.69 Å². The topological polar surface area (TPSA) is 64.1 Å². The van der Waals surface area contributed by atoms with Gasteiger partial charge in [0, 0.05) is 9.50 Å². The molecular weight excluding hydrogens is 429 g/mol. The fraction of sp³-hybridized carbons (Fsp3) is 0.118. The highest BCUT2D eigenvalue weighted by Crippen LogP contribution is 2.30. The lowest BCUT2D eigenvalue weighted by molar-refractivity contribution is -0.118. The summed E-state index contributed by atoms with van der Waals surface area (Å²) in [7, 11) is 0. The smallest absolute Gasteiger partial charge is 0.262 e. The highest BCUT2D eigenvalue weighted by molar-refractivity contribution is 9.10. The SMILES string of the molecule is Cc1ccc(NC(=O)COc2ncnc3c(Cl)cc(Cl)cc23)c(Br)c1.